The highest BCUT2D eigenvalue weighted by atomic mass is 16.2. The van der Waals surface area contributed by atoms with Gasteiger partial charge in [-0.2, -0.15) is 5.10 Å². The summed E-state index contributed by atoms with van der Waals surface area (Å²) in [5, 5.41) is 6.84. The smallest absolute Gasteiger partial charge is 0.345 e. The van der Waals surface area contributed by atoms with E-state index in [4.69, 9.17) is 0 Å². The first kappa shape index (κ1) is 19.4. The van der Waals surface area contributed by atoms with E-state index in [0.29, 0.717) is 38.4 Å². The van der Waals surface area contributed by atoms with Crippen LogP contribution in [0.15, 0.2) is 29.1 Å². The van der Waals surface area contributed by atoms with Crippen LogP contribution in [-0.2, 0) is 16.0 Å². The molecule has 3 heterocycles. The number of piperidine rings is 1. The molecule has 2 aliphatic heterocycles. The van der Waals surface area contributed by atoms with Crippen LogP contribution in [0.5, 0.6) is 0 Å². The average Bonchev–Trinajstić information content (AvgIpc) is 3.24. The van der Waals surface area contributed by atoms with Crippen LogP contribution in [-0.4, -0.2) is 63.1 Å². The van der Waals surface area contributed by atoms with Crippen molar-refractivity contribution in [2.45, 2.75) is 32.6 Å². The Labute approximate surface area is 169 Å². The van der Waals surface area contributed by atoms with Gasteiger partial charge in [0, 0.05) is 39.5 Å². The molecule has 4 rings (SSSR count). The second-order valence-corrected chi connectivity index (χ2v) is 8.21. The lowest BCUT2D eigenvalue weighted by atomic mass is 9.92. The summed E-state index contributed by atoms with van der Waals surface area (Å²) in [6.45, 7) is 3.88. The number of hydrogen-bond donors (Lipinski definition) is 1. The van der Waals surface area contributed by atoms with Gasteiger partial charge in [0.25, 0.3) is 0 Å². The van der Waals surface area contributed by atoms with E-state index in [2.05, 4.69) is 10.2 Å². The Kier molecular flexibility index (Phi) is 5.25. The number of aryl methyl sites for hydroxylation is 1. The van der Waals surface area contributed by atoms with Gasteiger partial charge in [-0.3, -0.25) is 9.59 Å². The second kappa shape index (κ2) is 7.85. The van der Waals surface area contributed by atoms with Crippen LogP contribution in [0.25, 0.3) is 5.69 Å². The summed E-state index contributed by atoms with van der Waals surface area (Å²) < 4.78 is 1.66. The normalized spacial score (nSPS) is 20.5. The summed E-state index contributed by atoms with van der Waals surface area (Å²) in [6.07, 6.45) is 2.76. The number of likely N-dealkylation sites (tertiary alicyclic amines) is 2. The van der Waals surface area contributed by atoms with Gasteiger partial charge >= 0.3 is 5.69 Å². The lowest BCUT2D eigenvalue weighted by Gasteiger charge is -2.33. The van der Waals surface area contributed by atoms with Gasteiger partial charge in [0.05, 0.1) is 11.6 Å². The summed E-state index contributed by atoms with van der Waals surface area (Å²) in [5.74, 6) is 1.03. The Morgan fingerprint density at radius 3 is 2.59 bits per heavy atom. The highest BCUT2D eigenvalue weighted by Gasteiger charge is 2.36. The SMILES string of the molecule is Cc1ccccc1-n1c(CC2CCN(C(=O)[C@@H]3CC(=O)N(C)C3)CC2)n[nH]c1=O. The van der Waals surface area contributed by atoms with Gasteiger partial charge in [0.15, 0.2) is 0 Å². The van der Waals surface area contributed by atoms with Crippen molar-refractivity contribution in [3.63, 3.8) is 0 Å². The number of carbonyl (C=O) groups is 2. The predicted octanol–water partition coefficient (Wildman–Crippen LogP) is 1.13. The molecule has 1 N–H and O–H groups in total. The van der Waals surface area contributed by atoms with Crippen LogP contribution in [0, 0.1) is 18.8 Å². The maximum Gasteiger partial charge on any atom is 0.347 e. The van der Waals surface area contributed by atoms with Crippen molar-refractivity contribution in [1.29, 1.82) is 0 Å². The van der Waals surface area contributed by atoms with Crippen LogP contribution in [0.3, 0.4) is 0 Å². The van der Waals surface area contributed by atoms with Crippen LogP contribution < -0.4 is 5.69 Å². The molecule has 0 bridgehead atoms. The molecule has 0 spiro atoms. The third-order valence-corrected chi connectivity index (χ3v) is 6.19. The van der Waals surface area contributed by atoms with E-state index in [1.165, 1.54) is 0 Å². The highest BCUT2D eigenvalue weighted by Crippen LogP contribution is 2.25. The van der Waals surface area contributed by atoms with Gasteiger partial charge < -0.3 is 9.80 Å². The molecule has 154 valence electrons. The standard InChI is InChI=1S/C21H27N5O3/c1-14-5-3-4-6-17(14)26-18(22-23-21(26)29)11-15-7-9-25(10-8-15)20(28)16-12-19(27)24(2)13-16/h3-6,15-16H,7-13H2,1-2H3,(H,23,29)/t16-/m1/s1. The maximum absolute atomic E-state index is 12.7. The number of benzene rings is 1. The van der Waals surface area contributed by atoms with Gasteiger partial charge in [-0.1, -0.05) is 18.2 Å². The highest BCUT2D eigenvalue weighted by molar-refractivity contribution is 5.89. The fraction of sp³-hybridized carbons (Fsp3) is 0.524. The van der Waals surface area contributed by atoms with Crippen LogP contribution in [0.1, 0.15) is 30.7 Å². The zero-order valence-electron chi connectivity index (χ0n) is 16.9. The molecule has 2 saturated heterocycles. The number of aromatic nitrogens is 3. The average molecular weight is 397 g/mol. The van der Waals surface area contributed by atoms with E-state index < -0.39 is 0 Å². The molecule has 0 unspecified atom stereocenters. The maximum atomic E-state index is 12.7. The molecule has 2 fully saturated rings. The number of para-hydroxylation sites is 1. The fourth-order valence-electron chi connectivity index (χ4n) is 4.43. The molecule has 2 amide bonds. The number of amides is 2. The van der Waals surface area contributed by atoms with Gasteiger partial charge in [-0.15, -0.1) is 0 Å². The van der Waals surface area contributed by atoms with E-state index in [1.54, 1.807) is 16.5 Å². The summed E-state index contributed by atoms with van der Waals surface area (Å²) in [4.78, 5) is 40.3. The molecule has 0 radical (unpaired) electrons. The molecular weight excluding hydrogens is 370 g/mol. The molecule has 29 heavy (non-hydrogen) atoms. The first-order chi connectivity index (χ1) is 13.9. The van der Waals surface area contributed by atoms with Crippen LogP contribution in [0.4, 0.5) is 0 Å². The van der Waals surface area contributed by atoms with E-state index in [9.17, 15) is 14.4 Å². The Hall–Kier alpha value is -2.90. The molecule has 0 aliphatic carbocycles. The molecule has 1 aromatic heterocycles. The number of nitrogens with one attached hydrogen (secondary N) is 1. The molecule has 8 nitrogen and oxygen atoms in total. The van der Waals surface area contributed by atoms with E-state index in [1.807, 2.05) is 36.1 Å². The Balaban J connectivity index is 1.40. The number of aromatic amines is 1. The summed E-state index contributed by atoms with van der Waals surface area (Å²) >= 11 is 0. The van der Waals surface area contributed by atoms with Gasteiger partial charge in [-0.25, -0.2) is 14.5 Å². The van der Waals surface area contributed by atoms with Crippen molar-refractivity contribution in [3.8, 4) is 5.69 Å². The predicted molar refractivity (Wildman–Crippen MR) is 108 cm³/mol. The minimum Gasteiger partial charge on any atom is -0.345 e. The zero-order chi connectivity index (χ0) is 20.5. The molecule has 8 heteroatoms. The van der Waals surface area contributed by atoms with Crippen molar-refractivity contribution >= 4 is 11.8 Å². The minimum absolute atomic E-state index is 0.0472. The summed E-state index contributed by atoms with van der Waals surface area (Å²) in [6, 6.07) is 7.78. The Morgan fingerprint density at radius 1 is 1.21 bits per heavy atom. The molecule has 2 aliphatic rings. The number of carbonyl (C=O) groups excluding carboxylic acids is 2. The Bertz CT molecular complexity index is 971. The first-order valence-corrected chi connectivity index (χ1v) is 10.2. The summed E-state index contributed by atoms with van der Waals surface area (Å²) in [7, 11) is 1.75. The molecule has 0 saturated carbocycles. The first-order valence-electron chi connectivity index (χ1n) is 10.2. The van der Waals surface area contributed by atoms with Crippen molar-refractivity contribution < 1.29 is 9.59 Å². The van der Waals surface area contributed by atoms with E-state index >= 15 is 0 Å². The molecule has 2 aromatic rings. The molecule has 1 atom stereocenters. The van der Waals surface area contributed by atoms with Crippen molar-refractivity contribution in [1.82, 2.24) is 24.6 Å². The van der Waals surface area contributed by atoms with Crippen molar-refractivity contribution in [3.05, 3.63) is 46.1 Å². The lowest BCUT2D eigenvalue weighted by molar-refractivity contribution is -0.137. The zero-order valence-corrected chi connectivity index (χ0v) is 16.9. The van der Waals surface area contributed by atoms with Crippen molar-refractivity contribution in [2.24, 2.45) is 11.8 Å². The lowest BCUT2D eigenvalue weighted by Crippen LogP contribution is -2.42. The van der Waals surface area contributed by atoms with Crippen LogP contribution in [0.2, 0.25) is 0 Å². The molecular formula is C21H27N5O3. The van der Waals surface area contributed by atoms with Crippen LogP contribution >= 0.6 is 0 Å². The number of hydrogen-bond acceptors (Lipinski definition) is 4. The largest absolute Gasteiger partial charge is 0.347 e. The van der Waals surface area contributed by atoms with Gasteiger partial charge in [0.2, 0.25) is 11.8 Å². The third-order valence-electron chi connectivity index (χ3n) is 6.19. The van der Waals surface area contributed by atoms with Gasteiger partial charge in [-0.05, 0) is 37.3 Å². The second-order valence-electron chi connectivity index (χ2n) is 8.21. The summed E-state index contributed by atoms with van der Waals surface area (Å²) in [5.41, 5.74) is 1.65. The number of H-pyrrole nitrogens is 1. The number of nitrogens with zero attached hydrogens (tertiary/aromatic N) is 4. The van der Waals surface area contributed by atoms with E-state index in [-0.39, 0.29) is 23.4 Å². The Morgan fingerprint density at radius 2 is 1.93 bits per heavy atom. The van der Waals surface area contributed by atoms with Crippen molar-refractivity contribution in [2.75, 3.05) is 26.7 Å². The fourth-order valence-corrected chi connectivity index (χ4v) is 4.43. The third kappa shape index (κ3) is 3.83. The number of rotatable bonds is 4. The quantitative estimate of drug-likeness (QED) is 0.837. The minimum atomic E-state index is -0.225. The van der Waals surface area contributed by atoms with Gasteiger partial charge in [0.1, 0.15) is 5.82 Å². The monoisotopic (exact) mass is 397 g/mol. The van der Waals surface area contributed by atoms with E-state index in [0.717, 1.165) is 29.9 Å². The molecule has 1 aromatic carbocycles. The topological polar surface area (TPSA) is 91.3 Å².